The third-order valence-corrected chi connectivity index (χ3v) is 2.22. The summed E-state index contributed by atoms with van der Waals surface area (Å²) in [5, 5.41) is 11.0. The van der Waals surface area contributed by atoms with Gasteiger partial charge in [0.2, 0.25) is 0 Å². The molecule has 110 valence electrons. The van der Waals surface area contributed by atoms with E-state index in [0.29, 0.717) is 0 Å². The minimum absolute atomic E-state index is 0.235. The second kappa shape index (κ2) is 6.50. The molecule has 1 rings (SSSR count). The molecule has 5 heteroatoms. The molecule has 0 spiro atoms. The van der Waals surface area contributed by atoms with Crippen LogP contribution in [0.1, 0.15) is 40.2 Å². The van der Waals surface area contributed by atoms with Gasteiger partial charge in [-0.25, -0.2) is 4.79 Å². The largest absolute Gasteiger partial charge is 0.445 e. The van der Waals surface area contributed by atoms with E-state index in [2.05, 4.69) is 15.5 Å². The molecule has 0 aliphatic rings. The molecular formula is C15H23N3O2. The maximum atomic E-state index is 11.7. The normalized spacial score (nSPS) is 12.4. The minimum Gasteiger partial charge on any atom is -0.445 e. The van der Waals surface area contributed by atoms with Crippen LogP contribution in [0.4, 0.5) is 4.79 Å². The maximum Gasteiger partial charge on any atom is 0.409 e. The molecule has 0 fully saturated rings. The summed E-state index contributed by atoms with van der Waals surface area (Å²) in [6, 6.07) is 9.52. The van der Waals surface area contributed by atoms with Crippen LogP contribution in [-0.4, -0.2) is 17.3 Å². The van der Waals surface area contributed by atoms with E-state index in [9.17, 15) is 4.79 Å². The first-order valence-electron chi connectivity index (χ1n) is 6.61. The van der Waals surface area contributed by atoms with Crippen molar-refractivity contribution in [1.29, 1.82) is 0 Å². The Morgan fingerprint density at radius 1 is 1.10 bits per heavy atom. The lowest BCUT2D eigenvalue weighted by Gasteiger charge is -2.21. The molecule has 0 heterocycles. The van der Waals surface area contributed by atoms with Crippen molar-refractivity contribution in [1.82, 2.24) is 5.32 Å². The first-order valence-corrected chi connectivity index (χ1v) is 6.61. The first kappa shape index (κ1) is 16.1. The molecule has 1 amide bonds. The summed E-state index contributed by atoms with van der Waals surface area (Å²) in [5.74, 6) is 0. The quantitative estimate of drug-likeness (QED) is 0.848. The van der Waals surface area contributed by atoms with Crippen LogP contribution in [0.25, 0.3) is 0 Å². The van der Waals surface area contributed by atoms with Crippen LogP contribution in [-0.2, 0) is 11.3 Å². The highest BCUT2D eigenvalue weighted by Gasteiger charge is 2.21. The van der Waals surface area contributed by atoms with Crippen molar-refractivity contribution in [3.63, 3.8) is 0 Å². The Bertz CT molecular complexity index is 462. The maximum absolute atomic E-state index is 11.7. The number of amides is 1. The second-order valence-corrected chi connectivity index (χ2v) is 6.12. The molecule has 1 N–H and O–H groups in total. The third-order valence-electron chi connectivity index (χ3n) is 2.22. The van der Waals surface area contributed by atoms with Crippen molar-refractivity contribution in [2.45, 2.75) is 52.4 Å². The average molecular weight is 277 g/mol. The van der Waals surface area contributed by atoms with Crippen LogP contribution < -0.4 is 5.32 Å². The first-order chi connectivity index (χ1) is 9.18. The number of carbonyl (C=O) groups excluding carboxylic acids is 1. The molecule has 20 heavy (non-hydrogen) atoms. The molecule has 0 unspecified atom stereocenters. The van der Waals surface area contributed by atoms with E-state index in [0.717, 1.165) is 5.56 Å². The standard InChI is InChI=1S/C15H23N3O2/c1-14(2,3)17-18-15(4,5)16-13(19)20-11-12-9-7-6-8-10-12/h6-10H,11H2,1-5H3,(H,16,19). The van der Waals surface area contributed by atoms with Gasteiger partial charge in [-0.05, 0) is 40.2 Å². The molecule has 0 atom stereocenters. The zero-order valence-electron chi connectivity index (χ0n) is 12.8. The highest BCUT2D eigenvalue weighted by molar-refractivity contribution is 5.68. The van der Waals surface area contributed by atoms with Crippen molar-refractivity contribution in [3.8, 4) is 0 Å². The number of azo groups is 1. The fourth-order valence-corrected chi connectivity index (χ4v) is 1.31. The summed E-state index contributed by atoms with van der Waals surface area (Å²) in [4.78, 5) is 11.7. The Morgan fingerprint density at radius 2 is 1.70 bits per heavy atom. The fourth-order valence-electron chi connectivity index (χ4n) is 1.31. The van der Waals surface area contributed by atoms with Crippen LogP contribution in [0.5, 0.6) is 0 Å². The fraction of sp³-hybridized carbons (Fsp3) is 0.533. The number of rotatable bonds is 4. The second-order valence-electron chi connectivity index (χ2n) is 6.12. The molecule has 1 aromatic rings. The lowest BCUT2D eigenvalue weighted by atomic mass is 10.1. The number of ether oxygens (including phenoxy) is 1. The van der Waals surface area contributed by atoms with Gasteiger partial charge < -0.3 is 4.74 Å². The van der Waals surface area contributed by atoms with Crippen molar-refractivity contribution < 1.29 is 9.53 Å². The summed E-state index contributed by atoms with van der Waals surface area (Å²) < 4.78 is 5.14. The Kier molecular flexibility index (Phi) is 5.25. The zero-order valence-corrected chi connectivity index (χ0v) is 12.8. The summed E-state index contributed by atoms with van der Waals surface area (Å²) in [6.07, 6.45) is -0.508. The lowest BCUT2D eigenvalue weighted by molar-refractivity contribution is 0.129. The number of nitrogens with one attached hydrogen (secondary N) is 1. The Morgan fingerprint density at radius 3 is 2.25 bits per heavy atom. The molecule has 0 bridgehead atoms. The van der Waals surface area contributed by atoms with Crippen LogP contribution in [0.15, 0.2) is 40.6 Å². The molecule has 5 nitrogen and oxygen atoms in total. The number of carbonyl (C=O) groups is 1. The van der Waals surface area contributed by atoms with E-state index in [4.69, 9.17) is 4.74 Å². The van der Waals surface area contributed by atoms with Gasteiger partial charge in [0.05, 0.1) is 5.54 Å². The minimum atomic E-state index is -0.791. The molecule has 0 radical (unpaired) electrons. The zero-order chi connectivity index (χ0) is 15.2. The van der Waals surface area contributed by atoms with Crippen LogP contribution in [0.2, 0.25) is 0 Å². The number of alkyl carbamates (subject to hydrolysis) is 1. The van der Waals surface area contributed by atoms with E-state index in [1.807, 2.05) is 51.1 Å². The Balaban J connectivity index is 2.47. The third kappa shape index (κ3) is 6.87. The van der Waals surface area contributed by atoms with Gasteiger partial charge in [-0.3, -0.25) is 5.32 Å². The van der Waals surface area contributed by atoms with Crippen molar-refractivity contribution >= 4 is 6.09 Å². The van der Waals surface area contributed by atoms with Gasteiger partial charge >= 0.3 is 6.09 Å². The highest BCUT2D eigenvalue weighted by Crippen LogP contribution is 2.13. The van der Waals surface area contributed by atoms with Gasteiger partial charge in [-0.1, -0.05) is 30.3 Å². The van der Waals surface area contributed by atoms with Gasteiger partial charge in [0, 0.05) is 0 Å². The van der Waals surface area contributed by atoms with Gasteiger partial charge in [-0.2, -0.15) is 10.2 Å². The van der Waals surface area contributed by atoms with Gasteiger partial charge in [0.15, 0.2) is 0 Å². The Labute approximate surface area is 120 Å². The number of nitrogens with zero attached hydrogens (tertiary/aromatic N) is 2. The topological polar surface area (TPSA) is 63.0 Å². The highest BCUT2D eigenvalue weighted by atomic mass is 16.5. The van der Waals surface area contributed by atoms with Crippen molar-refractivity contribution in [2.75, 3.05) is 0 Å². The smallest absolute Gasteiger partial charge is 0.409 e. The molecule has 0 saturated heterocycles. The van der Waals surface area contributed by atoms with Gasteiger partial charge in [0.1, 0.15) is 12.3 Å². The van der Waals surface area contributed by atoms with Crippen molar-refractivity contribution in [3.05, 3.63) is 35.9 Å². The summed E-state index contributed by atoms with van der Waals surface area (Å²) >= 11 is 0. The lowest BCUT2D eigenvalue weighted by Crippen LogP contribution is -2.42. The molecular weight excluding hydrogens is 254 g/mol. The van der Waals surface area contributed by atoms with E-state index in [1.54, 1.807) is 13.8 Å². The SMILES string of the molecule is CC(C)(C)N=NC(C)(C)NC(=O)OCc1ccccc1. The van der Waals surface area contributed by atoms with E-state index in [-0.39, 0.29) is 12.1 Å². The summed E-state index contributed by atoms with van der Waals surface area (Å²) in [5.41, 5.74) is -0.120. The van der Waals surface area contributed by atoms with E-state index in [1.165, 1.54) is 0 Å². The van der Waals surface area contributed by atoms with Crippen LogP contribution in [0.3, 0.4) is 0 Å². The van der Waals surface area contributed by atoms with E-state index >= 15 is 0 Å². The monoisotopic (exact) mass is 277 g/mol. The van der Waals surface area contributed by atoms with Crippen LogP contribution in [0, 0.1) is 0 Å². The van der Waals surface area contributed by atoms with Gasteiger partial charge in [-0.15, -0.1) is 0 Å². The molecule has 0 aliphatic carbocycles. The average Bonchev–Trinajstić information content (AvgIpc) is 2.34. The van der Waals surface area contributed by atoms with E-state index < -0.39 is 11.8 Å². The molecule has 0 saturated carbocycles. The number of hydrogen-bond donors (Lipinski definition) is 1. The molecule has 0 aromatic heterocycles. The number of benzene rings is 1. The predicted molar refractivity (Wildman–Crippen MR) is 78.5 cm³/mol. The van der Waals surface area contributed by atoms with Gasteiger partial charge in [0.25, 0.3) is 0 Å². The molecule has 0 aliphatic heterocycles. The van der Waals surface area contributed by atoms with Crippen LogP contribution >= 0.6 is 0 Å². The number of hydrogen-bond acceptors (Lipinski definition) is 4. The predicted octanol–water partition coefficient (Wildman–Crippen LogP) is 3.90. The Hall–Kier alpha value is -1.91. The summed E-state index contributed by atoms with van der Waals surface area (Å²) in [7, 11) is 0. The van der Waals surface area contributed by atoms with Crippen molar-refractivity contribution in [2.24, 2.45) is 10.2 Å². The molecule has 1 aromatic carbocycles. The summed E-state index contributed by atoms with van der Waals surface area (Å²) in [6.45, 7) is 9.61.